The van der Waals surface area contributed by atoms with Gasteiger partial charge in [-0.1, -0.05) is 30.3 Å². The third kappa shape index (κ3) is 3.46. The van der Waals surface area contributed by atoms with Crippen molar-refractivity contribution in [2.75, 3.05) is 0 Å². The number of aliphatic carboxylic acids is 1. The van der Waals surface area contributed by atoms with Crippen molar-refractivity contribution >= 4 is 5.97 Å². The molecular formula is C18H20O4. The molecule has 0 fully saturated rings. The lowest BCUT2D eigenvalue weighted by atomic mass is 10.0. The molecule has 2 aromatic carbocycles. The van der Waals surface area contributed by atoms with Crippen LogP contribution < -0.4 is 4.74 Å². The van der Waals surface area contributed by atoms with Crippen LogP contribution in [-0.2, 0) is 11.4 Å². The van der Waals surface area contributed by atoms with E-state index >= 15 is 0 Å². The molecule has 0 heterocycles. The summed E-state index contributed by atoms with van der Waals surface area (Å²) in [7, 11) is 0. The van der Waals surface area contributed by atoms with Gasteiger partial charge in [0.05, 0.1) is 0 Å². The van der Waals surface area contributed by atoms with E-state index in [4.69, 9.17) is 9.84 Å². The molecule has 0 amide bonds. The van der Waals surface area contributed by atoms with Gasteiger partial charge < -0.3 is 14.9 Å². The van der Waals surface area contributed by atoms with E-state index in [9.17, 15) is 9.90 Å². The highest BCUT2D eigenvalue weighted by Crippen LogP contribution is 2.25. The normalized spacial score (nSPS) is 12.0. The number of benzene rings is 2. The molecule has 0 saturated carbocycles. The fourth-order valence-corrected chi connectivity index (χ4v) is 2.31. The Hall–Kier alpha value is -2.33. The molecular weight excluding hydrogens is 280 g/mol. The van der Waals surface area contributed by atoms with Gasteiger partial charge in [-0.2, -0.15) is 0 Å². The van der Waals surface area contributed by atoms with Crippen molar-refractivity contribution < 1.29 is 19.7 Å². The Kier molecular flexibility index (Phi) is 4.83. The maximum atomic E-state index is 11.0. The third-order valence-corrected chi connectivity index (χ3v) is 3.76. The molecule has 0 aromatic heterocycles. The van der Waals surface area contributed by atoms with Crippen molar-refractivity contribution in [1.29, 1.82) is 0 Å². The molecule has 1 unspecified atom stereocenters. The molecule has 0 aliphatic heterocycles. The average Bonchev–Trinajstić information content (AvgIpc) is 2.49. The topological polar surface area (TPSA) is 66.8 Å². The molecule has 4 nitrogen and oxygen atoms in total. The highest BCUT2D eigenvalue weighted by atomic mass is 16.5. The van der Waals surface area contributed by atoms with E-state index in [0.29, 0.717) is 11.1 Å². The molecule has 22 heavy (non-hydrogen) atoms. The van der Waals surface area contributed by atoms with Crippen LogP contribution in [0.1, 0.15) is 33.9 Å². The minimum absolute atomic E-state index is 0.212. The SMILES string of the molecule is Cc1cc(C)c(OCc2ccccc2C(O)C(=O)O)cc1C. The number of carbonyl (C=O) groups is 1. The molecule has 0 radical (unpaired) electrons. The van der Waals surface area contributed by atoms with Gasteiger partial charge in [0, 0.05) is 0 Å². The molecule has 2 N–H and O–H groups in total. The summed E-state index contributed by atoms with van der Waals surface area (Å²) in [6.45, 7) is 6.25. The Balaban J connectivity index is 2.22. The van der Waals surface area contributed by atoms with Crippen LogP contribution in [0.4, 0.5) is 0 Å². The summed E-state index contributed by atoms with van der Waals surface area (Å²) < 4.78 is 5.83. The molecule has 2 rings (SSSR count). The summed E-state index contributed by atoms with van der Waals surface area (Å²) in [5.74, 6) is -0.502. The molecule has 4 heteroatoms. The summed E-state index contributed by atoms with van der Waals surface area (Å²) in [4.78, 5) is 11.0. The Morgan fingerprint density at radius 2 is 1.73 bits per heavy atom. The zero-order valence-corrected chi connectivity index (χ0v) is 13.0. The Morgan fingerprint density at radius 3 is 2.41 bits per heavy atom. The van der Waals surface area contributed by atoms with E-state index < -0.39 is 12.1 Å². The van der Waals surface area contributed by atoms with Crippen LogP contribution in [0.5, 0.6) is 5.75 Å². The minimum Gasteiger partial charge on any atom is -0.489 e. The van der Waals surface area contributed by atoms with Gasteiger partial charge in [-0.15, -0.1) is 0 Å². The Morgan fingerprint density at radius 1 is 1.09 bits per heavy atom. The second-order valence-electron chi connectivity index (χ2n) is 5.43. The molecule has 0 spiro atoms. The van der Waals surface area contributed by atoms with Gasteiger partial charge >= 0.3 is 5.97 Å². The molecule has 0 aliphatic carbocycles. The number of aliphatic hydroxyl groups is 1. The predicted octanol–water partition coefficient (Wildman–Crippen LogP) is 3.31. The number of hydrogen-bond donors (Lipinski definition) is 2. The number of hydrogen-bond acceptors (Lipinski definition) is 3. The van der Waals surface area contributed by atoms with E-state index in [-0.39, 0.29) is 6.61 Å². The summed E-state index contributed by atoms with van der Waals surface area (Å²) in [5, 5.41) is 18.7. The van der Waals surface area contributed by atoms with Crippen molar-refractivity contribution in [3.8, 4) is 5.75 Å². The third-order valence-electron chi connectivity index (χ3n) is 3.76. The average molecular weight is 300 g/mol. The highest BCUT2D eigenvalue weighted by Gasteiger charge is 2.19. The van der Waals surface area contributed by atoms with Crippen molar-refractivity contribution in [2.45, 2.75) is 33.5 Å². The van der Waals surface area contributed by atoms with E-state index in [1.54, 1.807) is 24.3 Å². The van der Waals surface area contributed by atoms with Gasteiger partial charge in [0.1, 0.15) is 12.4 Å². The van der Waals surface area contributed by atoms with Crippen LogP contribution in [0.15, 0.2) is 36.4 Å². The molecule has 0 bridgehead atoms. The van der Waals surface area contributed by atoms with Crippen LogP contribution in [0.25, 0.3) is 0 Å². The summed E-state index contributed by atoms with van der Waals surface area (Å²) in [6.07, 6.45) is -1.54. The lowest BCUT2D eigenvalue weighted by molar-refractivity contribution is -0.147. The van der Waals surface area contributed by atoms with E-state index in [1.165, 1.54) is 5.56 Å². The van der Waals surface area contributed by atoms with Gasteiger partial charge in [-0.05, 0) is 54.7 Å². The lowest BCUT2D eigenvalue weighted by Crippen LogP contribution is -2.13. The molecule has 2 aromatic rings. The Labute approximate surface area is 130 Å². The van der Waals surface area contributed by atoms with Crippen LogP contribution >= 0.6 is 0 Å². The zero-order chi connectivity index (χ0) is 16.3. The first-order valence-corrected chi connectivity index (χ1v) is 7.09. The fraction of sp³-hybridized carbons (Fsp3) is 0.278. The second-order valence-corrected chi connectivity index (χ2v) is 5.43. The van der Waals surface area contributed by atoms with Crippen LogP contribution in [0, 0.1) is 20.8 Å². The standard InChI is InChI=1S/C18H20O4/c1-11-8-13(3)16(9-12(11)2)22-10-14-6-4-5-7-15(14)17(19)18(20)21/h4-9,17,19H,10H2,1-3H3,(H,20,21). The number of aliphatic hydroxyl groups excluding tert-OH is 1. The largest absolute Gasteiger partial charge is 0.489 e. The van der Waals surface area contributed by atoms with Gasteiger partial charge in [-0.3, -0.25) is 0 Å². The van der Waals surface area contributed by atoms with Crippen molar-refractivity contribution in [3.05, 3.63) is 64.2 Å². The number of carboxylic acids is 1. The van der Waals surface area contributed by atoms with Gasteiger partial charge in [0.2, 0.25) is 0 Å². The summed E-state index contributed by atoms with van der Waals surface area (Å²) in [5.41, 5.74) is 4.39. The van der Waals surface area contributed by atoms with Crippen molar-refractivity contribution in [2.24, 2.45) is 0 Å². The predicted molar refractivity (Wildman–Crippen MR) is 84.0 cm³/mol. The van der Waals surface area contributed by atoms with E-state index in [1.807, 2.05) is 26.8 Å². The first-order chi connectivity index (χ1) is 10.4. The van der Waals surface area contributed by atoms with Crippen molar-refractivity contribution in [3.63, 3.8) is 0 Å². The monoisotopic (exact) mass is 300 g/mol. The number of aryl methyl sites for hydroxylation is 3. The summed E-state index contributed by atoms with van der Waals surface area (Å²) in [6, 6.07) is 10.9. The quantitative estimate of drug-likeness (QED) is 0.889. The van der Waals surface area contributed by atoms with E-state index in [2.05, 4.69) is 6.07 Å². The maximum absolute atomic E-state index is 11.0. The van der Waals surface area contributed by atoms with Gasteiger partial charge in [0.25, 0.3) is 0 Å². The smallest absolute Gasteiger partial charge is 0.337 e. The number of rotatable bonds is 5. The number of ether oxygens (including phenoxy) is 1. The van der Waals surface area contributed by atoms with Gasteiger partial charge in [0.15, 0.2) is 6.10 Å². The Bertz CT molecular complexity index is 691. The van der Waals surface area contributed by atoms with Crippen LogP contribution in [-0.4, -0.2) is 16.2 Å². The second kappa shape index (κ2) is 6.62. The fourth-order valence-electron chi connectivity index (χ4n) is 2.31. The molecule has 1 atom stereocenters. The van der Waals surface area contributed by atoms with Gasteiger partial charge in [-0.25, -0.2) is 4.79 Å². The van der Waals surface area contributed by atoms with Crippen LogP contribution in [0.3, 0.4) is 0 Å². The summed E-state index contributed by atoms with van der Waals surface area (Å²) >= 11 is 0. The zero-order valence-electron chi connectivity index (χ0n) is 13.0. The highest BCUT2D eigenvalue weighted by molar-refractivity contribution is 5.74. The first kappa shape index (κ1) is 16.0. The first-order valence-electron chi connectivity index (χ1n) is 7.09. The molecule has 0 aliphatic rings. The molecule has 116 valence electrons. The van der Waals surface area contributed by atoms with E-state index in [0.717, 1.165) is 16.9 Å². The van der Waals surface area contributed by atoms with Crippen molar-refractivity contribution in [1.82, 2.24) is 0 Å². The molecule has 0 saturated heterocycles. The number of carboxylic acid groups (broad SMARTS) is 1. The maximum Gasteiger partial charge on any atom is 0.337 e. The lowest BCUT2D eigenvalue weighted by Gasteiger charge is -2.15. The van der Waals surface area contributed by atoms with Crippen LogP contribution in [0.2, 0.25) is 0 Å². The minimum atomic E-state index is -1.54.